The Bertz CT molecular complexity index is 1150. The van der Waals surface area contributed by atoms with E-state index in [1.807, 2.05) is 66.1 Å². The summed E-state index contributed by atoms with van der Waals surface area (Å²) in [7, 11) is 0. The first kappa shape index (κ1) is 20.9. The number of hydrogen-bond donors (Lipinski definition) is 2. The number of aliphatic hydroxyl groups is 1. The third-order valence-corrected chi connectivity index (χ3v) is 6.02. The summed E-state index contributed by atoms with van der Waals surface area (Å²) < 4.78 is 6.62. The highest BCUT2D eigenvalue weighted by molar-refractivity contribution is 5.63. The van der Waals surface area contributed by atoms with Crippen LogP contribution in [0.25, 0.3) is 11.1 Å². The van der Waals surface area contributed by atoms with Crippen LogP contribution in [0, 0.1) is 0 Å². The molecule has 0 radical (unpaired) electrons. The van der Waals surface area contributed by atoms with Crippen molar-refractivity contribution >= 4 is 6.16 Å². The van der Waals surface area contributed by atoms with Crippen LogP contribution >= 0.6 is 0 Å². The molecule has 6 heteroatoms. The van der Waals surface area contributed by atoms with Crippen molar-refractivity contribution in [3.63, 3.8) is 0 Å². The zero-order valence-electron chi connectivity index (χ0n) is 17.4. The molecule has 1 atom stereocenters. The smallest absolute Gasteiger partial charge is 0.449 e. The Morgan fingerprint density at radius 1 is 1.10 bits per heavy atom. The molecular formula is C25H25NO5. The van der Waals surface area contributed by atoms with Crippen molar-refractivity contribution in [2.24, 2.45) is 0 Å². The molecule has 3 aromatic rings. The van der Waals surface area contributed by atoms with Crippen molar-refractivity contribution in [3.8, 4) is 16.9 Å². The van der Waals surface area contributed by atoms with Gasteiger partial charge in [0, 0.05) is 12.2 Å². The van der Waals surface area contributed by atoms with Crippen molar-refractivity contribution in [1.29, 1.82) is 0 Å². The molecule has 0 fully saturated rings. The molecule has 4 rings (SSSR count). The number of ether oxygens (including phenoxy) is 1. The van der Waals surface area contributed by atoms with E-state index in [1.165, 1.54) is 6.20 Å². The molecule has 6 nitrogen and oxygen atoms in total. The number of pyridine rings is 1. The Hall–Kier alpha value is -3.38. The Morgan fingerprint density at radius 2 is 1.77 bits per heavy atom. The highest BCUT2D eigenvalue weighted by Crippen LogP contribution is 2.37. The SMILES string of the molecule is CCC1(O)CCCc2c1c(=O)c(OC(=O)O)cn2Cc1ccc(-c2ccccc2)cc1. The van der Waals surface area contributed by atoms with Gasteiger partial charge in [-0.25, -0.2) is 4.79 Å². The van der Waals surface area contributed by atoms with Crippen LogP contribution in [0.4, 0.5) is 4.79 Å². The van der Waals surface area contributed by atoms with Gasteiger partial charge in [0.25, 0.3) is 0 Å². The average molecular weight is 419 g/mol. The van der Waals surface area contributed by atoms with Crippen molar-refractivity contribution < 1.29 is 19.7 Å². The van der Waals surface area contributed by atoms with E-state index in [-0.39, 0.29) is 11.3 Å². The summed E-state index contributed by atoms with van der Waals surface area (Å²) in [6, 6.07) is 18.2. The lowest BCUT2D eigenvalue weighted by Crippen LogP contribution is -2.38. The van der Waals surface area contributed by atoms with E-state index in [9.17, 15) is 14.7 Å². The van der Waals surface area contributed by atoms with E-state index in [0.717, 1.165) is 28.8 Å². The first-order valence-corrected chi connectivity index (χ1v) is 10.5. The summed E-state index contributed by atoms with van der Waals surface area (Å²) >= 11 is 0. The third kappa shape index (κ3) is 4.11. The maximum absolute atomic E-state index is 13.0. The number of carbonyl (C=O) groups is 1. The molecule has 2 N–H and O–H groups in total. The Kier molecular flexibility index (Phi) is 5.65. The number of aromatic nitrogens is 1. The lowest BCUT2D eigenvalue weighted by atomic mass is 9.79. The number of nitrogens with zero attached hydrogens (tertiary/aromatic N) is 1. The number of fused-ring (bicyclic) bond motifs is 1. The highest BCUT2D eigenvalue weighted by atomic mass is 16.7. The molecule has 0 spiro atoms. The molecule has 1 aliphatic rings. The highest BCUT2D eigenvalue weighted by Gasteiger charge is 2.38. The molecule has 0 saturated carbocycles. The van der Waals surface area contributed by atoms with Crippen LogP contribution in [0.5, 0.6) is 5.75 Å². The van der Waals surface area contributed by atoms with E-state index in [4.69, 9.17) is 9.84 Å². The van der Waals surface area contributed by atoms with Crippen LogP contribution in [-0.4, -0.2) is 20.9 Å². The summed E-state index contributed by atoms with van der Waals surface area (Å²) in [5.74, 6) is -0.277. The predicted molar refractivity (Wildman–Crippen MR) is 117 cm³/mol. The molecule has 0 saturated heterocycles. The second-order valence-corrected chi connectivity index (χ2v) is 7.94. The van der Waals surface area contributed by atoms with Gasteiger partial charge >= 0.3 is 6.16 Å². The lowest BCUT2D eigenvalue weighted by molar-refractivity contribution is 0.0119. The van der Waals surface area contributed by atoms with E-state index in [0.29, 0.717) is 25.8 Å². The molecular weight excluding hydrogens is 394 g/mol. The number of benzene rings is 2. The summed E-state index contributed by atoms with van der Waals surface area (Å²) in [5.41, 5.74) is 2.41. The fourth-order valence-corrected chi connectivity index (χ4v) is 4.39. The van der Waals surface area contributed by atoms with Crippen molar-refractivity contribution in [2.45, 2.75) is 44.8 Å². The van der Waals surface area contributed by atoms with Gasteiger partial charge in [0.05, 0.1) is 17.4 Å². The van der Waals surface area contributed by atoms with Gasteiger partial charge in [-0.05, 0) is 42.4 Å². The van der Waals surface area contributed by atoms with Gasteiger partial charge in [-0.3, -0.25) is 4.79 Å². The van der Waals surface area contributed by atoms with Gasteiger partial charge in [0.15, 0.2) is 5.75 Å². The molecule has 0 amide bonds. The minimum absolute atomic E-state index is 0.265. The predicted octanol–water partition coefficient (Wildman–Crippen LogP) is 4.55. The molecule has 1 heterocycles. The van der Waals surface area contributed by atoms with Gasteiger partial charge in [-0.1, -0.05) is 61.5 Å². The summed E-state index contributed by atoms with van der Waals surface area (Å²) in [5, 5.41) is 20.2. The molecule has 0 aliphatic heterocycles. The Balaban J connectivity index is 1.75. The lowest BCUT2D eigenvalue weighted by Gasteiger charge is -2.34. The largest absolute Gasteiger partial charge is 0.511 e. The Morgan fingerprint density at radius 3 is 2.42 bits per heavy atom. The number of carboxylic acid groups (broad SMARTS) is 1. The summed E-state index contributed by atoms with van der Waals surface area (Å²) in [6.45, 7) is 2.26. The summed E-state index contributed by atoms with van der Waals surface area (Å²) in [6.07, 6.45) is 2.13. The van der Waals surface area contributed by atoms with Crippen molar-refractivity contribution in [1.82, 2.24) is 4.57 Å². The molecule has 0 bridgehead atoms. The average Bonchev–Trinajstić information content (AvgIpc) is 2.77. The van der Waals surface area contributed by atoms with Gasteiger partial charge in [-0.2, -0.15) is 0 Å². The van der Waals surface area contributed by atoms with Crippen LogP contribution in [0.2, 0.25) is 0 Å². The van der Waals surface area contributed by atoms with Crippen LogP contribution in [0.3, 0.4) is 0 Å². The monoisotopic (exact) mass is 419 g/mol. The standard InChI is InChI=1S/C25H25NO5/c1-2-25(30)14-6-9-20-22(25)23(27)21(31-24(28)29)16-26(20)15-17-10-12-19(13-11-17)18-7-4-3-5-8-18/h3-5,7-8,10-13,16,30H,2,6,9,14-15H2,1H3,(H,28,29). The van der Waals surface area contributed by atoms with Crippen LogP contribution in [-0.2, 0) is 18.6 Å². The fourth-order valence-electron chi connectivity index (χ4n) is 4.39. The molecule has 1 aliphatic carbocycles. The van der Waals surface area contributed by atoms with E-state index in [1.54, 1.807) is 0 Å². The molecule has 160 valence electrons. The number of rotatable bonds is 5. The van der Waals surface area contributed by atoms with Gasteiger partial charge in [0.1, 0.15) is 0 Å². The van der Waals surface area contributed by atoms with Crippen LogP contribution in [0.1, 0.15) is 43.0 Å². The second kappa shape index (κ2) is 8.40. The summed E-state index contributed by atoms with van der Waals surface area (Å²) in [4.78, 5) is 24.1. The maximum Gasteiger partial charge on any atom is 0.511 e. The van der Waals surface area contributed by atoms with E-state index in [2.05, 4.69) is 0 Å². The zero-order chi connectivity index (χ0) is 22.0. The third-order valence-electron chi connectivity index (χ3n) is 6.02. The normalized spacial score (nSPS) is 17.7. The minimum Gasteiger partial charge on any atom is -0.449 e. The van der Waals surface area contributed by atoms with Crippen molar-refractivity contribution in [3.05, 3.63) is 87.8 Å². The molecule has 31 heavy (non-hydrogen) atoms. The second-order valence-electron chi connectivity index (χ2n) is 7.94. The van der Waals surface area contributed by atoms with Crippen LogP contribution in [0.15, 0.2) is 65.6 Å². The van der Waals surface area contributed by atoms with Crippen molar-refractivity contribution in [2.75, 3.05) is 0 Å². The number of hydrogen-bond acceptors (Lipinski definition) is 4. The maximum atomic E-state index is 13.0. The molecule has 1 unspecified atom stereocenters. The topological polar surface area (TPSA) is 88.8 Å². The first-order chi connectivity index (χ1) is 14.9. The fraction of sp³-hybridized carbons (Fsp3) is 0.280. The quantitative estimate of drug-likeness (QED) is 0.592. The van der Waals surface area contributed by atoms with Gasteiger partial charge < -0.3 is 19.5 Å². The molecule has 1 aromatic heterocycles. The molecule has 2 aromatic carbocycles. The van der Waals surface area contributed by atoms with E-state index < -0.39 is 17.2 Å². The first-order valence-electron chi connectivity index (χ1n) is 10.5. The van der Waals surface area contributed by atoms with Crippen LogP contribution < -0.4 is 10.2 Å². The van der Waals surface area contributed by atoms with Gasteiger partial charge in [-0.15, -0.1) is 0 Å². The van der Waals surface area contributed by atoms with E-state index >= 15 is 0 Å². The van der Waals surface area contributed by atoms with Gasteiger partial charge in [0.2, 0.25) is 5.43 Å². The minimum atomic E-state index is -1.55. The Labute approximate surface area is 180 Å². The zero-order valence-corrected chi connectivity index (χ0v) is 17.4.